The Balaban J connectivity index is 1.69. The van der Waals surface area contributed by atoms with Gasteiger partial charge in [-0.25, -0.2) is 4.98 Å². The molecule has 4 aromatic rings. The number of phenols is 1. The lowest BCUT2D eigenvalue weighted by Gasteiger charge is -2.17. The molecule has 1 heterocycles. The zero-order chi connectivity index (χ0) is 21.1. The van der Waals surface area contributed by atoms with Crippen molar-refractivity contribution in [1.82, 2.24) is 4.98 Å². The van der Waals surface area contributed by atoms with Gasteiger partial charge in [0.25, 0.3) is 0 Å². The Labute approximate surface area is 186 Å². The molecule has 0 unspecified atom stereocenters. The van der Waals surface area contributed by atoms with Gasteiger partial charge < -0.3 is 5.11 Å². The molecule has 0 saturated heterocycles. The van der Waals surface area contributed by atoms with Crippen LogP contribution in [-0.4, -0.2) is 10.1 Å². The van der Waals surface area contributed by atoms with Crippen LogP contribution in [0.15, 0.2) is 77.7 Å². The quantitative estimate of drug-likeness (QED) is 0.321. The number of phenolic OH excluding ortho intramolecular Hbond substituents is 1. The van der Waals surface area contributed by atoms with Crippen LogP contribution in [0.5, 0.6) is 5.75 Å². The molecule has 0 spiro atoms. The number of benzene rings is 3. The molecule has 1 atom stereocenters. The molecule has 0 aliphatic rings. The van der Waals surface area contributed by atoms with Crippen molar-refractivity contribution in [1.29, 1.82) is 0 Å². The standard InChI is InChI=1S/C26H25NOS2/c1-17-9-11-21(12-10-17)26-27-19(3)25(30-26)24(16-20-7-5-4-6-8-20)29-22-13-14-23(28)18(2)15-22/h4-15,24,28H,16H2,1-3H3/t24-/m1/s1. The van der Waals surface area contributed by atoms with Gasteiger partial charge >= 0.3 is 0 Å². The third-order valence-corrected chi connectivity index (χ3v) is 7.82. The average molecular weight is 432 g/mol. The molecule has 4 heteroatoms. The van der Waals surface area contributed by atoms with Gasteiger partial charge in [0, 0.05) is 20.6 Å². The van der Waals surface area contributed by atoms with Crippen molar-refractivity contribution in [2.45, 2.75) is 37.3 Å². The maximum Gasteiger partial charge on any atom is 0.123 e. The molecule has 0 aliphatic carbocycles. The van der Waals surface area contributed by atoms with E-state index in [4.69, 9.17) is 4.98 Å². The molecule has 1 N–H and O–H groups in total. The summed E-state index contributed by atoms with van der Waals surface area (Å²) in [7, 11) is 0. The van der Waals surface area contributed by atoms with Gasteiger partial charge in [-0.3, -0.25) is 0 Å². The lowest BCUT2D eigenvalue weighted by Crippen LogP contribution is -1.99. The van der Waals surface area contributed by atoms with E-state index in [9.17, 15) is 5.11 Å². The topological polar surface area (TPSA) is 33.1 Å². The lowest BCUT2D eigenvalue weighted by atomic mass is 10.1. The highest BCUT2D eigenvalue weighted by atomic mass is 32.2. The number of aryl methyl sites for hydroxylation is 3. The van der Waals surface area contributed by atoms with Gasteiger partial charge in [0.1, 0.15) is 10.8 Å². The normalized spacial score (nSPS) is 12.1. The van der Waals surface area contributed by atoms with E-state index in [0.717, 1.165) is 27.6 Å². The predicted octanol–water partition coefficient (Wildman–Crippen LogP) is 7.52. The smallest absolute Gasteiger partial charge is 0.123 e. The van der Waals surface area contributed by atoms with Crippen molar-refractivity contribution in [3.8, 4) is 16.3 Å². The van der Waals surface area contributed by atoms with Crippen molar-refractivity contribution < 1.29 is 5.11 Å². The fourth-order valence-corrected chi connectivity index (χ4v) is 6.02. The molecular weight excluding hydrogens is 406 g/mol. The van der Waals surface area contributed by atoms with Crippen LogP contribution >= 0.6 is 23.1 Å². The number of thioether (sulfide) groups is 1. The molecule has 0 fully saturated rings. The number of hydrogen-bond acceptors (Lipinski definition) is 4. The van der Waals surface area contributed by atoms with Crippen LogP contribution in [0.3, 0.4) is 0 Å². The van der Waals surface area contributed by atoms with E-state index in [-0.39, 0.29) is 5.25 Å². The molecule has 30 heavy (non-hydrogen) atoms. The minimum atomic E-state index is 0.257. The van der Waals surface area contributed by atoms with Crippen molar-refractivity contribution in [2.24, 2.45) is 0 Å². The highest BCUT2D eigenvalue weighted by molar-refractivity contribution is 7.99. The molecule has 0 bridgehead atoms. The van der Waals surface area contributed by atoms with Gasteiger partial charge in [-0.15, -0.1) is 23.1 Å². The third kappa shape index (κ3) is 4.77. The van der Waals surface area contributed by atoms with Crippen LogP contribution < -0.4 is 0 Å². The van der Waals surface area contributed by atoms with Gasteiger partial charge in [0.15, 0.2) is 0 Å². The van der Waals surface area contributed by atoms with Crippen LogP contribution in [0, 0.1) is 20.8 Å². The average Bonchev–Trinajstić information content (AvgIpc) is 3.13. The first-order valence-corrected chi connectivity index (χ1v) is 11.7. The first-order chi connectivity index (χ1) is 14.5. The van der Waals surface area contributed by atoms with Gasteiger partial charge in [-0.1, -0.05) is 60.2 Å². The van der Waals surface area contributed by atoms with Crippen LogP contribution in [0.4, 0.5) is 0 Å². The second-order valence-electron chi connectivity index (χ2n) is 7.58. The van der Waals surface area contributed by atoms with Gasteiger partial charge in [0.05, 0.1) is 5.69 Å². The number of hydrogen-bond donors (Lipinski definition) is 1. The fourth-order valence-electron chi connectivity index (χ4n) is 3.41. The first kappa shape index (κ1) is 20.7. The lowest BCUT2D eigenvalue weighted by molar-refractivity contribution is 0.470. The SMILES string of the molecule is Cc1ccc(-c2nc(C)c([C@@H](Cc3ccccc3)Sc3ccc(O)c(C)c3)s2)cc1. The van der Waals surface area contributed by atoms with Crippen LogP contribution in [0.2, 0.25) is 0 Å². The van der Waals surface area contributed by atoms with E-state index in [1.807, 2.05) is 24.8 Å². The van der Waals surface area contributed by atoms with E-state index < -0.39 is 0 Å². The molecule has 4 rings (SSSR count). The minimum absolute atomic E-state index is 0.257. The summed E-state index contributed by atoms with van der Waals surface area (Å²) in [6.45, 7) is 6.16. The molecular formula is C26H25NOS2. The fraction of sp³-hybridized carbons (Fsp3) is 0.192. The Morgan fingerprint density at radius 1 is 0.933 bits per heavy atom. The highest BCUT2D eigenvalue weighted by Gasteiger charge is 2.21. The predicted molar refractivity (Wildman–Crippen MR) is 129 cm³/mol. The Hall–Kier alpha value is -2.56. The van der Waals surface area contributed by atoms with Crippen LogP contribution in [0.25, 0.3) is 10.6 Å². The van der Waals surface area contributed by atoms with Gasteiger partial charge in [-0.05, 0) is 56.5 Å². The van der Waals surface area contributed by atoms with Crippen molar-refractivity contribution in [3.05, 3.63) is 100 Å². The molecule has 152 valence electrons. The molecule has 1 aromatic heterocycles. The Morgan fingerprint density at radius 2 is 1.67 bits per heavy atom. The molecule has 0 aliphatic heterocycles. The van der Waals surface area contributed by atoms with Crippen molar-refractivity contribution >= 4 is 23.1 Å². The monoisotopic (exact) mass is 431 g/mol. The number of thiazole rings is 1. The summed E-state index contributed by atoms with van der Waals surface area (Å²) in [6.07, 6.45) is 0.932. The molecule has 0 saturated carbocycles. The Bertz CT molecular complexity index is 1130. The van der Waals surface area contributed by atoms with E-state index in [0.29, 0.717) is 5.75 Å². The summed E-state index contributed by atoms with van der Waals surface area (Å²) in [4.78, 5) is 7.38. The summed E-state index contributed by atoms with van der Waals surface area (Å²) in [5, 5.41) is 11.2. The van der Waals surface area contributed by atoms with E-state index in [1.54, 1.807) is 17.4 Å². The second kappa shape index (κ2) is 9.07. The van der Waals surface area contributed by atoms with Crippen molar-refractivity contribution in [2.75, 3.05) is 0 Å². The zero-order valence-electron chi connectivity index (χ0n) is 17.4. The Morgan fingerprint density at radius 3 is 2.37 bits per heavy atom. The molecule has 2 nitrogen and oxygen atoms in total. The molecule has 0 radical (unpaired) electrons. The number of nitrogens with zero attached hydrogens (tertiary/aromatic N) is 1. The number of aromatic nitrogens is 1. The number of rotatable bonds is 6. The largest absolute Gasteiger partial charge is 0.508 e. The van der Waals surface area contributed by atoms with E-state index in [1.165, 1.54) is 21.6 Å². The van der Waals surface area contributed by atoms with Gasteiger partial charge in [-0.2, -0.15) is 0 Å². The second-order valence-corrected chi connectivity index (χ2v) is 9.89. The number of aromatic hydroxyl groups is 1. The summed E-state index contributed by atoms with van der Waals surface area (Å²) in [6, 6.07) is 25.1. The molecule has 3 aromatic carbocycles. The third-order valence-electron chi connectivity index (χ3n) is 5.13. The highest BCUT2D eigenvalue weighted by Crippen LogP contribution is 2.44. The van der Waals surface area contributed by atoms with Gasteiger partial charge in [0.2, 0.25) is 0 Å². The van der Waals surface area contributed by atoms with Crippen LogP contribution in [0.1, 0.15) is 32.5 Å². The zero-order valence-corrected chi connectivity index (χ0v) is 19.1. The summed E-state index contributed by atoms with van der Waals surface area (Å²) >= 11 is 3.64. The van der Waals surface area contributed by atoms with E-state index >= 15 is 0 Å². The van der Waals surface area contributed by atoms with E-state index in [2.05, 4.69) is 74.5 Å². The molecule has 0 amide bonds. The summed E-state index contributed by atoms with van der Waals surface area (Å²) in [5.41, 5.74) is 5.74. The van der Waals surface area contributed by atoms with Crippen molar-refractivity contribution in [3.63, 3.8) is 0 Å². The summed E-state index contributed by atoms with van der Waals surface area (Å²) in [5.74, 6) is 0.342. The maximum atomic E-state index is 9.91. The Kier molecular flexibility index (Phi) is 6.26. The maximum absolute atomic E-state index is 9.91. The first-order valence-electron chi connectivity index (χ1n) is 10.0. The van der Waals surface area contributed by atoms with Crippen LogP contribution in [-0.2, 0) is 6.42 Å². The summed E-state index contributed by atoms with van der Waals surface area (Å²) < 4.78 is 0. The minimum Gasteiger partial charge on any atom is -0.508 e.